The van der Waals surface area contributed by atoms with Crippen LogP contribution in [0, 0.1) is 0 Å². The van der Waals surface area contributed by atoms with Crippen LogP contribution in [-0.4, -0.2) is 13.1 Å². The lowest BCUT2D eigenvalue weighted by molar-refractivity contribution is 0.430. The molecule has 3 N–H and O–H groups in total. The first-order chi connectivity index (χ1) is 5.84. The lowest BCUT2D eigenvalue weighted by Gasteiger charge is -2.09. The van der Waals surface area contributed by atoms with E-state index in [-0.39, 0.29) is 6.04 Å². The van der Waals surface area contributed by atoms with Crippen LogP contribution in [0.5, 0.6) is 0 Å². The minimum absolute atomic E-state index is 0.284. The molecule has 0 unspecified atom stereocenters. The van der Waals surface area contributed by atoms with Crippen LogP contribution in [0.3, 0.4) is 0 Å². The summed E-state index contributed by atoms with van der Waals surface area (Å²) in [5, 5.41) is 3.31. The summed E-state index contributed by atoms with van der Waals surface area (Å²) in [6.07, 6.45) is 2.70. The van der Waals surface area contributed by atoms with Crippen LogP contribution >= 0.6 is 0 Å². The van der Waals surface area contributed by atoms with Crippen molar-refractivity contribution in [2.24, 2.45) is 5.73 Å². The molecule has 0 aliphatic carbocycles. The monoisotopic (exact) mass is 168 g/mol. The summed E-state index contributed by atoms with van der Waals surface area (Å²) >= 11 is 0. The number of rotatable bonds is 5. The molecule has 3 heteroatoms. The molecule has 12 heavy (non-hydrogen) atoms. The van der Waals surface area contributed by atoms with Crippen LogP contribution in [0.1, 0.15) is 25.1 Å². The number of furan rings is 1. The molecule has 1 aromatic rings. The van der Waals surface area contributed by atoms with Crippen molar-refractivity contribution in [2.45, 2.75) is 19.4 Å². The maximum Gasteiger partial charge on any atom is 0.120 e. The first-order valence-corrected chi connectivity index (χ1v) is 4.31. The van der Waals surface area contributed by atoms with Gasteiger partial charge in [0.05, 0.1) is 12.3 Å². The van der Waals surface area contributed by atoms with Gasteiger partial charge in [-0.3, -0.25) is 0 Å². The highest BCUT2D eigenvalue weighted by atomic mass is 16.3. The first kappa shape index (κ1) is 9.29. The van der Waals surface area contributed by atoms with Crippen molar-refractivity contribution in [3.8, 4) is 0 Å². The van der Waals surface area contributed by atoms with Crippen LogP contribution in [0.15, 0.2) is 22.8 Å². The molecule has 1 atom stereocenters. The topological polar surface area (TPSA) is 51.2 Å². The largest absolute Gasteiger partial charge is 0.468 e. The van der Waals surface area contributed by atoms with Gasteiger partial charge in [0.25, 0.3) is 0 Å². The molecule has 1 heterocycles. The van der Waals surface area contributed by atoms with Crippen LogP contribution < -0.4 is 11.1 Å². The van der Waals surface area contributed by atoms with E-state index in [2.05, 4.69) is 12.2 Å². The van der Waals surface area contributed by atoms with Gasteiger partial charge in [0.1, 0.15) is 5.76 Å². The van der Waals surface area contributed by atoms with Gasteiger partial charge in [-0.15, -0.1) is 0 Å². The second-order valence-electron chi connectivity index (χ2n) is 2.83. The Balaban J connectivity index is 2.25. The zero-order valence-electron chi connectivity index (χ0n) is 7.42. The molecule has 0 bridgehead atoms. The van der Waals surface area contributed by atoms with E-state index in [0.717, 1.165) is 25.3 Å². The van der Waals surface area contributed by atoms with Gasteiger partial charge in [-0.1, -0.05) is 0 Å². The van der Waals surface area contributed by atoms with E-state index in [1.165, 1.54) is 0 Å². The Morgan fingerprint density at radius 2 is 2.50 bits per heavy atom. The quantitative estimate of drug-likeness (QED) is 0.651. The van der Waals surface area contributed by atoms with E-state index >= 15 is 0 Å². The first-order valence-electron chi connectivity index (χ1n) is 4.31. The third kappa shape index (κ3) is 2.68. The molecule has 1 aromatic heterocycles. The van der Waals surface area contributed by atoms with Crippen LogP contribution in [0.2, 0.25) is 0 Å². The summed E-state index contributed by atoms with van der Waals surface area (Å²) in [5.74, 6) is 0.979. The average molecular weight is 168 g/mol. The summed E-state index contributed by atoms with van der Waals surface area (Å²) in [6, 6.07) is 4.16. The molecule has 0 saturated carbocycles. The summed E-state index contributed by atoms with van der Waals surface area (Å²) in [4.78, 5) is 0. The molecular formula is C9H16N2O. The Bertz CT molecular complexity index is 196. The Kier molecular flexibility index (Phi) is 3.84. The fourth-order valence-electron chi connectivity index (χ4n) is 1.06. The summed E-state index contributed by atoms with van der Waals surface area (Å²) in [7, 11) is 0. The normalized spacial score (nSPS) is 13.2. The maximum absolute atomic E-state index is 5.37. The Hall–Kier alpha value is -0.800. The van der Waals surface area contributed by atoms with Gasteiger partial charge in [-0.25, -0.2) is 0 Å². The van der Waals surface area contributed by atoms with Gasteiger partial charge in [0.15, 0.2) is 0 Å². The molecule has 0 aromatic carbocycles. The average Bonchev–Trinajstić information content (AvgIpc) is 2.56. The van der Waals surface area contributed by atoms with E-state index in [9.17, 15) is 0 Å². The van der Waals surface area contributed by atoms with Crippen molar-refractivity contribution < 1.29 is 4.42 Å². The SMILES string of the molecule is C[C@@H](NCCCN)c1ccco1. The van der Waals surface area contributed by atoms with Gasteiger partial charge in [-0.05, 0) is 38.6 Å². The van der Waals surface area contributed by atoms with Crippen molar-refractivity contribution in [1.82, 2.24) is 5.32 Å². The fourth-order valence-corrected chi connectivity index (χ4v) is 1.06. The van der Waals surface area contributed by atoms with Crippen LogP contribution in [0.25, 0.3) is 0 Å². The van der Waals surface area contributed by atoms with Gasteiger partial charge in [0.2, 0.25) is 0 Å². The maximum atomic E-state index is 5.37. The highest BCUT2D eigenvalue weighted by Gasteiger charge is 2.05. The Morgan fingerprint density at radius 3 is 3.08 bits per heavy atom. The minimum atomic E-state index is 0.284. The molecular weight excluding hydrogens is 152 g/mol. The summed E-state index contributed by atoms with van der Waals surface area (Å²) in [5.41, 5.74) is 5.37. The number of nitrogens with two attached hydrogens (primary N) is 1. The molecule has 0 fully saturated rings. The standard InChI is InChI=1S/C9H16N2O/c1-8(11-6-3-5-10)9-4-2-7-12-9/h2,4,7-8,11H,3,5-6,10H2,1H3/t8-/m1/s1. The van der Waals surface area contributed by atoms with Gasteiger partial charge >= 0.3 is 0 Å². The van der Waals surface area contributed by atoms with Crippen LogP contribution in [-0.2, 0) is 0 Å². The van der Waals surface area contributed by atoms with Crippen molar-refractivity contribution in [3.05, 3.63) is 24.2 Å². The molecule has 0 aliphatic heterocycles. The Labute approximate surface area is 72.9 Å². The molecule has 68 valence electrons. The smallest absolute Gasteiger partial charge is 0.120 e. The summed E-state index contributed by atoms with van der Waals surface area (Å²) < 4.78 is 5.23. The highest BCUT2D eigenvalue weighted by molar-refractivity contribution is 5.02. The molecule has 0 aliphatic rings. The molecule has 3 nitrogen and oxygen atoms in total. The second kappa shape index (κ2) is 4.95. The molecule has 0 spiro atoms. The number of hydrogen-bond acceptors (Lipinski definition) is 3. The number of nitrogens with one attached hydrogen (secondary N) is 1. The van der Waals surface area contributed by atoms with Crippen molar-refractivity contribution >= 4 is 0 Å². The Morgan fingerprint density at radius 1 is 1.67 bits per heavy atom. The summed E-state index contributed by atoms with van der Waals surface area (Å²) in [6.45, 7) is 3.76. The fraction of sp³-hybridized carbons (Fsp3) is 0.556. The third-order valence-corrected chi connectivity index (χ3v) is 1.80. The number of hydrogen-bond donors (Lipinski definition) is 2. The van der Waals surface area contributed by atoms with Gasteiger partial charge in [-0.2, -0.15) is 0 Å². The second-order valence-corrected chi connectivity index (χ2v) is 2.83. The zero-order valence-corrected chi connectivity index (χ0v) is 7.42. The van der Waals surface area contributed by atoms with E-state index < -0.39 is 0 Å². The van der Waals surface area contributed by atoms with E-state index in [1.807, 2.05) is 12.1 Å². The van der Waals surface area contributed by atoms with Crippen molar-refractivity contribution in [2.75, 3.05) is 13.1 Å². The lowest BCUT2D eigenvalue weighted by atomic mass is 10.2. The molecule has 1 rings (SSSR count). The lowest BCUT2D eigenvalue weighted by Crippen LogP contribution is -2.21. The van der Waals surface area contributed by atoms with Gasteiger partial charge in [0, 0.05) is 0 Å². The van der Waals surface area contributed by atoms with Crippen molar-refractivity contribution in [1.29, 1.82) is 0 Å². The molecule has 0 amide bonds. The zero-order chi connectivity index (χ0) is 8.81. The van der Waals surface area contributed by atoms with Crippen LogP contribution in [0.4, 0.5) is 0 Å². The highest BCUT2D eigenvalue weighted by Crippen LogP contribution is 2.11. The molecule has 0 saturated heterocycles. The van der Waals surface area contributed by atoms with Gasteiger partial charge < -0.3 is 15.5 Å². The predicted octanol–water partition coefficient (Wildman–Crippen LogP) is 1.28. The van der Waals surface area contributed by atoms with E-state index in [1.54, 1.807) is 6.26 Å². The van der Waals surface area contributed by atoms with Crippen molar-refractivity contribution in [3.63, 3.8) is 0 Å². The third-order valence-electron chi connectivity index (χ3n) is 1.80. The van der Waals surface area contributed by atoms with E-state index in [0.29, 0.717) is 0 Å². The minimum Gasteiger partial charge on any atom is -0.468 e. The predicted molar refractivity (Wildman–Crippen MR) is 48.8 cm³/mol. The van der Waals surface area contributed by atoms with E-state index in [4.69, 9.17) is 10.2 Å². The molecule has 0 radical (unpaired) electrons.